The third kappa shape index (κ3) is 3.54. The van der Waals surface area contributed by atoms with E-state index in [4.69, 9.17) is 0 Å². The maximum Gasteiger partial charge on any atom is 0.0736 e. The number of aliphatic hydroxyl groups is 2. The first-order valence-corrected chi connectivity index (χ1v) is 9.99. The molecule has 5 nitrogen and oxygen atoms in total. The molecule has 0 bridgehead atoms. The summed E-state index contributed by atoms with van der Waals surface area (Å²) in [5, 5.41) is 26.0. The van der Waals surface area contributed by atoms with Gasteiger partial charge >= 0.3 is 0 Å². The van der Waals surface area contributed by atoms with Crippen LogP contribution in [0, 0.1) is 12.8 Å². The van der Waals surface area contributed by atoms with Gasteiger partial charge in [0, 0.05) is 36.1 Å². The van der Waals surface area contributed by atoms with E-state index in [0.717, 1.165) is 38.9 Å². The topological polar surface area (TPSA) is 71.5 Å². The quantitative estimate of drug-likeness (QED) is 0.675. The van der Waals surface area contributed by atoms with Crippen molar-refractivity contribution in [2.24, 2.45) is 5.92 Å². The van der Waals surface area contributed by atoms with E-state index in [1.54, 1.807) is 0 Å². The molecule has 0 saturated carbocycles. The van der Waals surface area contributed by atoms with Gasteiger partial charge in [-0.15, -0.1) is 0 Å². The monoisotopic (exact) mass is 357 g/mol. The summed E-state index contributed by atoms with van der Waals surface area (Å²) in [6, 6.07) is 6.35. The number of aliphatic hydroxyl groups excluding tert-OH is 2. The second-order valence-electron chi connectivity index (χ2n) is 8.12. The van der Waals surface area contributed by atoms with Crippen LogP contribution in [0.2, 0.25) is 0 Å². The Morgan fingerprint density at radius 2 is 2.04 bits per heavy atom. The fourth-order valence-corrected chi connectivity index (χ4v) is 4.80. The van der Waals surface area contributed by atoms with Crippen LogP contribution in [0.15, 0.2) is 24.4 Å². The third-order valence-electron chi connectivity index (χ3n) is 6.39. The van der Waals surface area contributed by atoms with E-state index in [-0.39, 0.29) is 18.1 Å². The molecule has 4 rings (SSSR count). The molecule has 1 aromatic heterocycles. The third-order valence-corrected chi connectivity index (χ3v) is 6.39. The van der Waals surface area contributed by atoms with Gasteiger partial charge in [-0.1, -0.05) is 18.2 Å². The van der Waals surface area contributed by atoms with Crippen LogP contribution in [0.25, 0.3) is 10.9 Å². The van der Waals surface area contributed by atoms with Gasteiger partial charge in [-0.25, -0.2) is 0 Å². The van der Waals surface area contributed by atoms with Gasteiger partial charge in [0.25, 0.3) is 0 Å². The Bertz CT molecular complexity index is 738. The van der Waals surface area contributed by atoms with Crippen molar-refractivity contribution in [3.05, 3.63) is 35.5 Å². The molecule has 142 valence electrons. The lowest BCUT2D eigenvalue weighted by Crippen LogP contribution is -2.47. The largest absolute Gasteiger partial charge is 0.392 e. The Morgan fingerprint density at radius 1 is 1.23 bits per heavy atom. The van der Waals surface area contributed by atoms with Gasteiger partial charge in [0.05, 0.1) is 12.2 Å². The first-order valence-electron chi connectivity index (χ1n) is 9.99. The van der Waals surface area contributed by atoms with Crippen LogP contribution in [0.4, 0.5) is 0 Å². The molecule has 2 saturated heterocycles. The molecular weight excluding hydrogens is 326 g/mol. The summed E-state index contributed by atoms with van der Waals surface area (Å²) in [4.78, 5) is 5.63. The van der Waals surface area contributed by atoms with Crippen molar-refractivity contribution in [1.29, 1.82) is 0 Å². The van der Waals surface area contributed by atoms with Crippen molar-refractivity contribution in [1.82, 2.24) is 15.2 Å². The molecule has 26 heavy (non-hydrogen) atoms. The van der Waals surface area contributed by atoms with E-state index < -0.39 is 0 Å². The zero-order valence-electron chi connectivity index (χ0n) is 15.6. The van der Waals surface area contributed by atoms with Gasteiger partial charge in [0.1, 0.15) is 0 Å². The molecule has 0 radical (unpaired) electrons. The fourth-order valence-electron chi connectivity index (χ4n) is 4.80. The Morgan fingerprint density at radius 3 is 2.81 bits per heavy atom. The number of H-pyrrole nitrogens is 1. The van der Waals surface area contributed by atoms with Crippen LogP contribution < -0.4 is 5.32 Å². The van der Waals surface area contributed by atoms with Crippen LogP contribution in [0.1, 0.15) is 36.3 Å². The minimum absolute atomic E-state index is 0.165. The summed E-state index contributed by atoms with van der Waals surface area (Å²) >= 11 is 0. The van der Waals surface area contributed by atoms with Gasteiger partial charge in [-0.2, -0.15) is 0 Å². The summed E-state index contributed by atoms with van der Waals surface area (Å²) in [6.07, 6.45) is 4.44. The minimum atomic E-state index is -0.386. The number of aromatic amines is 1. The van der Waals surface area contributed by atoms with Gasteiger partial charge in [0.2, 0.25) is 0 Å². The number of piperidine rings is 2. The molecule has 0 spiro atoms. The lowest BCUT2D eigenvalue weighted by atomic mass is 9.86. The smallest absolute Gasteiger partial charge is 0.0736 e. The Balaban J connectivity index is 1.41. The summed E-state index contributed by atoms with van der Waals surface area (Å²) < 4.78 is 0. The maximum atomic E-state index is 10.8. The predicted molar refractivity (Wildman–Crippen MR) is 104 cm³/mol. The van der Waals surface area contributed by atoms with E-state index >= 15 is 0 Å². The maximum absolute atomic E-state index is 10.8. The number of aromatic nitrogens is 1. The molecule has 2 aromatic rings. The van der Waals surface area contributed by atoms with Crippen molar-refractivity contribution in [3.63, 3.8) is 0 Å². The lowest BCUT2D eigenvalue weighted by Gasteiger charge is -2.38. The van der Waals surface area contributed by atoms with E-state index in [9.17, 15) is 10.2 Å². The number of β-amino-alcohol motifs (C(OH)–C–C–N with tert-alkyl or cyclic N) is 2. The summed E-state index contributed by atoms with van der Waals surface area (Å²) in [6.45, 7) is 6.39. The van der Waals surface area contributed by atoms with E-state index in [0.29, 0.717) is 19.0 Å². The molecular formula is C21H31N3O2. The zero-order valence-corrected chi connectivity index (χ0v) is 15.6. The highest BCUT2D eigenvalue weighted by Crippen LogP contribution is 2.34. The highest BCUT2D eigenvalue weighted by atomic mass is 16.3. The van der Waals surface area contributed by atoms with Crippen molar-refractivity contribution in [2.75, 3.05) is 32.7 Å². The Hall–Kier alpha value is -1.40. The molecule has 0 amide bonds. The SMILES string of the molecule is Cc1cccc2c(C3CCN(CC(O)C4CCNCC4)CC3O)c[nH]c12. The Labute approximate surface area is 155 Å². The molecule has 3 atom stereocenters. The minimum Gasteiger partial charge on any atom is -0.392 e. The van der Waals surface area contributed by atoms with Crippen LogP contribution in [-0.2, 0) is 0 Å². The second-order valence-corrected chi connectivity index (χ2v) is 8.12. The van der Waals surface area contributed by atoms with Crippen LogP contribution >= 0.6 is 0 Å². The molecule has 0 aliphatic carbocycles. The first kappa shape index (κ1) is 18.0. The number of para-hydroxylation sites is 1. The van der Waals surface area contributed by atoms with Gasteiger partial charge in [0.15, 0.2) is 0 Å². The number of nitrogens with zero attached hydrogens (tertiary/aromatic N) is 1. The van der Waals surface area contributed by atoms with Crippen LogP contribution in [0.5, 0.6) is 0 Å². The zero-order chi connectivity index (χ0) is 18.1. The lowest BCUT2D eigenvalue weighted by molar-refractivity contribution is 0.00501. The number of likely N-dealkylation sites (tertiary alicyclic amines) is 1. The fraction of sp³-hybridized carbons (Fsp3) is 0.619. The summed E-state index contributed by atoms with van der Waals surface area (Å²) in [7, 11) is 0. The average Bonchev–Trinajstić information content (AvgIpc) is 3.08. The molecule has 2 fully saturated rings. The van der Waals surface area contributed by atoms with Gasteiger partial charge in [-0.05, 0) is 62.9 Å². The predicted octanol–water partition coefficient (Wildman–Crippen LogP) is 1.99. The highest BCUT2D eigenvalue weighted by molar-refractivity contribution is 5.86. The van der Waals surface area contributed by atoms with E-state index in [1.165, 1.54) is 22.0 Å². The summed E-state index contributed by atoms with van der Waals surface area (Å²) in [5.41, 5.74) is 3.65. The number of nitrogens with one attached hydrogen (secondary N) is 2. The number of fused-ring (bicyclic) bond motifs is 1. The number of rotatable bonds is 4. The summed E-state index contributed by atoms with van der Waals surface area (Å²) in [5.74, 6) is 0.556. The van der Waals surface area contributed by atoms with Crippen LogP contribution in [-0.4, -0.2) is 65.0 Å². The van der Waals surface area contributed by atoms with Crippen LogP contribution in [0.3, 0.4) is 0 Å². The first-order chi connectivity index (χ1) is 12.6. The molecule has 5 heteroatoms. The number of hydrogen-bond donors (Lipinski definition) is 4. The van der Waals surface area contributed by atoms with E-state index in [2.05, 4.69) is 46.5 Å². The molecule has 3 heterocycles. The standard InChI is InChI=1S/C21H31N3O2/c1-14-3-2-4-17-18(11-23-21(14)17)16-7-10-24(13-20(16)26)12-19(25)15-5-8-22-9-6-15/h2-4,11,15-16,19-20,22-23,25-26H,5-10,12-13H2,1H3. The number of aryl methyl sites for hydroxylation is 1. The normalized spacial score (nSPS) is 27.0. The van der Waals surface area contributed by atoms with Crippen molar-refractivity contribution in [3.8, 4) is 0 Å². The van der Waals surface area contributed by atoms with Crippen molar-refractivity contribution in [2.45, 2.75) is 44.3 Å². The average molecular weight is 357 g/mol. The molecule has 2 aliphatic rings. The number of hydrogen-bond acceptors (Lipinski definition) is 4. The van der Waals surface area contributed by atoms with Crippen molar-refractivity contribution < 1.29 is 10.2 Å². The molecule has 4 N–H and O–H groups in total. The van der Waals surface area contributed by atoms with Crippen molar-refractivity contribution >= 4 is 10.9 Å². The van der Waals surface area contributed by atoms with Gasteiger partial charge in [-0.3, -0.25) is 4.90 Å². The molecule has 3 unspecified atom stereocenters. The second kappa shape index (κ2) is 7.69. The molecule has 1 aromatic carbocycles. The Kier molecular flexibility index (Phi) is 5.32. The van der Waals surface area contributed by atoms with Gasteiger partial charge < -0.3 is 20.5 Å². The number of benzene rings is 1. The van der Waals surface area contributed by atoms with E-state index in [1.807, 2.05) is 0 Å². The highest BCUT2D eigenvalue weighted by Gasteiger charge is 2.32. The molecule has 2 aliphatic heterocycles.